The Bertz CT molecular complexity index is 424. The van der Waals surface area contributed by atoms with E-state index in [1.807, 2.05) is 19.4 Å². The SMILES string of the molecule is Cn1ccnc1CCN1C2CCCC1CC(=O)C2. The highest BCUT2D eigenvalue weighted by Crippen LogP contribution is 2.32. The van der Waals surface area contributed by atoms with E-state index in [1.165, 1.54) is 19.3 Å². The molecule has 0 aromatic carbocycles. The van der Waals surface area contributed by atoms with Gasteiger partial charge in [-0.05, 0) is 12.8 Å². The first-order chi connectivity index (χ1) is 8.74. The minimum atomic E-state index is 0.470. The molecule has 18 heavy (non-hydrogen) atoms. The molecule has 3 heterocycles. The molecule has 2 aliphatic rings. The van der Waals surface area contributed by atoms with E-state index in [0.29, 0.717) is 17.9 Å². The molecule has 4 heteroatoms. The number of nitrogens with zero attached hydrogens (tertiary/aromatic N) is 3. The van der Waals surface area contributed by atoms with Gasteiger partial charge in [0.25, 0.3) is 0 Å². The van der Waals surface area contributed by atoms with E-state index in [4.69, 9.17) is 0 Å². The number of Topliss-reactive ketones (excluding diaryl/α,β-unsaturated/α-hetero) is 1. The van der Waals surface area contributed by atoms with Gasteiger partial charge in [0.2, 0.25) is 0 Å². The second kappa shape index (κ2) is 4.84. The topological polar surface area (TPSA) is 38.1 Å². The van der Waals surface area contributed by atoms with Crippen LogP contribution in [0.5, 0.6) is 0 Å². The minimum absolute atomic E-state index is 0.470. The van der Waals surface area contributed by atoms with Gasteiger partial charge in [0.1, 0.15) is 11.6 Å². The minimum Gasteiger partial charge on any atom is -0.338 e. The molecule has 4 nitrogen and oxygen atoms in total. The Balaban J connectivity index is 1.65. The van der Waals surface area contributed by atoms with Crippen LogP contribution in [0.3, 0.4) is 0 Å². The normalized spacial score (nSPS) is 28.6. The molecule has 1 aromatic heterocycles. The van der Waals surface area contributed by atoms with Crippen molar-refractivity contribution in [1.29, 1.82) is 0 Å². The van der Waals surface area contributed by atoms with Crippen molar-refractivity contribution in [2.75, 3.05) is 6.54 Å². The predicted molar refractivity (Wildman–Crippen MR) is 69.3 cm³/mol. The summed E-state index contributed by atoms with van der Waals surface area (Å²) in [6.07, 6.45) is 10.1. The summed E-state index contributed by atoms with van der Waals surface area (Å²) in [5.74, 6) is 1.61. The molecule has 2 unspecified atom stereocenters. The van der Waals surface area contributed by atoms with Gasteiger partial charge in [-0.25, -0.2) is 4.98 Å². The lowest BCUT2D eigenvalue weighted by atomic mass is 9.83. The average Bonchev–Trinajstić information content (AvgIpc) is 2.72. The molecule has 98 valence electrons. The molecule has 0 radical (unpaired) electrons. The van der Waals surface area contributed by atoms with E-state index < -0.39 is 0 Å². The third-order valence-electron chi connectivity index (χ3n) is 4.45. The van der Waals surface area contributed by atoms with Gasteiger partial charge in [-0.1, -0.05) is 6.42 Å². The predicted octanol–water partition coefficient (Wildman–Crippen LogP) is 1.55. The van der Waals surface area contributed by atoms with Crippen LogP contribution in [0.4, 0.5) is 0 Å². The number of carbonyl (C=O) groups is 1. The van der Waals surface area contributed by atoms with E-state index in [1.54, 1.807) is 0 Å². The van der Waals surface area contributed by atoms with Crippen LogP contribution in [0.15, 0.2) is 12.4 Å². The highest BCUT2D eigenvalue weighted by Gasteiger charge is 2.36. The fourth-order valence-electron chi connectivity index (χ4n) is 3.50. The third kappa shape index (κ3) is 2.21. The molecular formula is C14H21N3O. The summed E-state index contributed by atoms with van der Waals surface area (Å²) in [5.41, 5.74) is 0. The number of aryl methyl sites for hydroxylation is 1. The van der Waals surface area contributed by atoms with Crippen LogP contribution in [-0.4, -0.2) is 38.9 Å². The summed E-state index contributed by atoms with van der Waals surface area (Å²) in [5, 5.41) is 0. The maximum Gasteiger partial charge on any atom is 0.136 e. The molecule has 3 rings (SSSR count). The summed E-state index contributed by atoms with van der Waals surface area (Å²) >= 11 is 0. The van der Waals surface area contributed by atoms with Gasteiger partial charge >= 0.3 is 0 Å². The quantitative estimate of drug-likeness (QED) is 0.813. The fraction of sp³-hybridized carbons (Fsp3) is 0.714. The Labute approximate surface area is 108 Å². The molecule has 2 atom stereocenters. The van der Waals surface area contributed by atoms with Gasteiger partial charge in [-0.3, -0.25) is 9.69 Å². The van der Waals surface area contributed by atoms with Crippen molar-refractivity contribution in [1.82, 2.24) is 14.5 Å². The highest BCUT2D eigenvalue weighted by atomic mass is 16.1. The number of hydrogen-bond donors (Lipinski definition) is 0. The molecule has 2 aliphatic heterocycles. The van der Waals surface area contributed by atoms with Crippen LogP contribution in [0.1, 0.15) is 37.9 Å². The smallest absolute Gasteiger partial charge is 0.136 e. The Morgan fingerprint density at radius 3 is 2.67 bits per heavy atom. The number of imidazole rings is 1. The summed E-state index contributed by atoms with van der Waals surface area (Å²) in [7, 11) is 2.04. The number of hydrogen-bond acceptors (Lipinski definition) is 3. The molecule has 2 saturated heterocycles. The highest BCUT2D eigenvalue weighted by molar-refractivity contribution is 5.80. The van der Waals surface area contributed by atoms with Crippen molar-refractivity contribution < 1.29 is 4.79 Å². The van der Waals surface area contributed by atoms with Gasteiger partial charge in [-0.2, -0.15) is 0 Å². The van der Waals surface area contributed by atoms with Gasteiger partial charge in [-0.15, -0.1) is 0 Å². The number of ketones is 1. The Hall–Kier alpha value is -1.16. The molecule has 0 spiro atoms. The van der Waals surface area contributed by atoms with Crippen molar-refractivity contribution in [2.45, 2.75) is 50.6 Å². The number of rotatable bonds is 3. The first-order valence-corrected chi connectivity index (χ1v) is 6.97. The summed E-state index contributed by atoms with van der Waals surface area (Å²) < 4.78 is 2.09. The lowest BCUT2D eigenvalue weighted by Gasteiger charge is -2.45. The maximum atomic E-state index is 11.7. The monoisotopic (exact) mass is 247 g/mol. The first kappa shape index (κ1) is 11.9. The number of fused-ring (bicyclic) bond motifs is 2. The lowest BCUT2D eigenvalue weighted by molar-refractivity contribution is -0.127. The standard InChI is InChI=1S/C14H21N3O/c1-16-8-6-15-14(16)5-7-17-11-3-2-4-12(17)10-13(18)9-11/h6,8,11-12H,2-5,7,9-10H2,1H3. The van der Waals surface area contributed by atoms with E-state index >= 15 is 0 Å². The average molecular weight is 247 g/mol. The third-order valence-corrected chi connectivity index (χ3v) is 4.45. The van der Waals surface area contributed by atoms with Crippen LogP contribution in [0.25, 0.3) is 0 Å². The molecule has 2 bridgehead atoms. The van der Waals surface area contributed by atoms with E-state index in [-0.39, 0.29) is 0 Å². The molecule has 0 saturated carbocycles. The zero-order valence-corrected chi connectivity index (χ0v) is 11.0. The molecule has 0 aliphatic carbocycles. The zero-order chi connectivity index (χ0) is 12.5. The second-order valence-corrected chi connectivity index (χ2v) is 5.63. The van der Waals surface area contributed by atoms with E-state index in [0.717, 1.165) is 31.6 Å². The summed E-state index contributed by atoms with van der Waals surface area (Å²) in [4.78, 5) is 18.6. The first-order valence-electron chi connectivity index (χ1n) is 6.97. The molecular weight excluding hydrogens is 226 g/mol. The molecule has 0 N–H and O–H groups in total. The van der Waals surface area contributed by atoms with Crippen molar-refractivity contribution in [2.24, 2.45) is 7.05 Å². The molecule has 0 amide bonds. The maximum absolute atomic E-state index is 11.7. The van der Waals surface area contributed by atoms with E-state index in [2.05, 4.69) is 14.5 Å². The Kier molecular flexibility index (Phi) is 3.20. The van der Waals surface area contributed by atoms with Crippen molar-refractivity contribution in [3.8, 4) is 0 Å². The molecule has 2 fully saturated rings. The second-order valence-electron chi connectivity index (χ2n) is 5.63. The van der Waals surface area contributed by atoms with Crippen LogP contribution < -0.4 is 0 Å². The largest absolute Gasteiger partial charge is 0.338 e. The van der Waals surface area contributed by atoms with E-state index in [9.17, 15) is 4.79 Å². The van der Waals surface area contributed by atoms with Gasteiger partial charge in [0.05, 0.1) is 0 Å². The lowest BCUT2D eigenvalue weighted by Crippen LogP contribution is -2.52. The van der Waals surface area contributed by atoms with Crippen molar-refractivity contribution in [3.63, 3.8) is 0 Å². The molecule has 1 aromatic rings. The van der Waals surface area contributed by atoms with Crippen LogP contribution in [0.2, 0.25) is 0 Å². The van der Waals surface area contributed by atoms with Gasteiger partial charge in [0.15, 0.2) is 0 Å². The Morgan fingerprint density at radius 1 is 1.33 bits per heavy atom. The Morgan fingerprint density at radius 2 is 2.06 bits per heavy atom. The number of carbonyl (C=O) groups excluding carboxylic acids is 1. The summed E-state index contributed by atoms with van der Waals surface area (Å²) in [6, 6.07) is 1.01. The van der Waals surface area contributed by atoms with Crippen LogP contribution in [0, 0.1) is 0 Å². The fourth-order valence-corrected chi connectivity index (χ4v) is 3.50. The van der Waals surface area contributed by atoms with Gasteiger partial charge < -0.3 is 4.57 Å². The van der Waals surface area contributed by atoms with Crippen LogP contribution >= 0.6 is 0 Å². The van der Waals surface area contributed by atoms with Crippen molar-refractivity contribution >= 4 is 5.78 Å². The number of aromatic nitrogens is 2. The zero-order valence-electron chi connectivity index (χ0n) is 11.0. The van der Waals surface area contributed by atoms with Crippen LogP contribution in [-0.2, 0) is 18.3 Å². The number of piperidine rings is 2. The summed E-state index contributed by atoms with van der Waals surface area (Å²) in [6.45, 7) is 1.05. The van der Waals surface area contributed by atoms with Gasteiger partial charge in [0, 0.05) is 57.3 Å². The van der Waals surface area contributed by atoms with Crippen molar-refractivity contribution in [3.05, 3.63) is 18.2 Å².